The van der Waals surface area contributed by atoms with Crippen molar-refractivity contribution in [3.05, 3.63) is 35.9 Å². The number of nitrogens with zero attached hydrogens (tertiary/aromatic N) is 1. The summed E-state index contributed by atoms with van der Waals surface area (Å²) in [6.07, 6.45) is 4.01. The van der Waals surface area contributed by atoms with Crippen LogP contribution in [0.3, 0.4) is 0 Å². The van der Waals surface area contributed by atoms with E-state index < -0.39 is 0 Å². The van der Waals surface area contributed by atoms with Gasteiger partial charge in [-0.1, -0.05) is 43.7 Å². The summed E-state index contributed by atoms with van der Waals surface area (Å²) in [4.78, 5) is 2.55. The van der Waals surface area contributed by atoms with E-state index in [1.807, 2.05) is 0 Å². The molecular weight excluding hydrogens is 220 g/mol. The topological polar surface area (TPSA) is 15.3 Å². The first-order valence-electron chi connectivity index (χ1n) is 7.23. The molecule has 1 aliphatic heterocycles. The van der Waals surface area contributed by atoms with E-state index in [2.05, 4.69) is 54.4 Å². The summed E-state index contributed by atoms with van der Waals surface area (Å²) >= 11 is 0. The molecule has 1 atom stereocenters. The molecule has 0 aliphatic carbocycles. The molecule has 0 aromatic heterocycles. The van der Waals surface area contributed by atoms with Crippen molar-refractivity contribution in [1.82, 2.24) is 10.2 Å². The van der Waals surface area contributed by atoms with Gasteiger partial charge in [-0.3, -0.25) is 4.90 Å². The fourth-order valence-corrected chi connectivity index (χ4v) is 2.87. The Labute approximate surface area is 111 Å². The number of hydrogen-bond donors (Lipinski definition) is 1. The van der Waals surface area contributed by atoms with Crippen LogP contribution in [0.15, 0.2) is 30.3 Å². The third-order valence-corrected chi connectivity index (χ3v) is 3.98. The first-order chi connectivity index (χ1) is 8.72. The van der Waals surface area contributed by atoms with Crippen LogP contribution in [0.1, 0.15) is 38.7 Å². The second-order valence-corrected chi connectivity index (χ2v) is 5.73. The minimum absolute atomic E-state index is 0.309. The number of hydrogen-bond acceptors (Lipinski definition) is 2. The van der Waals surface area contributed by atoms with Crippen molar-refractivity contribution in [1.29, 1.82) is 0 Å². The molecule has 2 heteroatoms. The number of likely N-dealkylation sites (N-methyl/N-ethyl adjacent to an activating group) is 1. The molecule has 1 N–H and O–H groups in total. The SMILES string of the molecule is CCN(Cc1ccccc1)CC1(C)CCCCN1. The standard InChI is InChI=1S/C16H26N2/c1-3-18(13-15-9-5-4-6-10-15)14-16(2)11-7-8-12-17-16/h4-6,9-10,17H,3,7-8,11-14H2,1-2H3. The third-order valence-electron chi connectivity index (χ3n) is 3.98. The van der Waals surface area contributed by atoms with Crippen molar-refractivity contribution in [2.75, 3.05) is 19.6 Å². The Morgan fingerprint density at radius 1 is 1.22 bits per heavy atom. The predicted octanol–water partition coefficient (Wildman–Crippen LogP) is 3.04. The van der Waals surface area contributed by atoms with Crippen molar-refractivity contribution in [2.45, 2.75) is 45.2 Å². The minimum atomic E-state index is 0.309. The maximum atomic E-state index is 3.70. The molecule has 1 saturated heterocycles. The summed E-state index contributed by atoms with van der Waals surface area (Å²) in [7, 11) is 0. The summed E-state index contributed by atoms with van der Waals surface area (Å²) in [6.45, 7) is 9.15. The van der Waals surface area contributed by atoms with E-state index in [-0.39, 0.29) is 0 Å². The van der Waals surface area contributed by atoms with Gasteiger partial charge in [0.1, 0.15) is 0 Å². The highest BCUT2D eigenvalue weighted by Crippen LogP contribution is 2.20. The van der Waals surface area contributed by atoms with E-state index in [9.17, 15) is 0 Å². The van der Waals surface area contributed by atoms with Crippen molar-refractivity contribution in [3.63, 3.8) is 0 Å². The van der Waals surface area contributed by atoms with Gasteiger partial charge in [0.25, 0.3) is 0 Å². The molecule has 0 amide bonds. The Morgan fingerprint density at radius 3 is 2.61 bits per heavy atom. The molecule has 2 nitrogen and oxygen atoms in total. The van der Waals surface area contributed by atoms with Gasteiger partial charge in [0.2, 0.25) is 0 Å². The molecule has 1 aliphatic rings. The quantitative estimate of drug-likeness (QED) is 0.859. The van der Waals surface area contributed by atoms with Gasteiger partial charge >= 0.3 is 0 Å². The van der Waals surface area contributed by atoms with E-state index in [0.29, 0.717) is 5.54 Å². The smallest absolute Gasteiger partial charge is 0.0280 e. The molecule has 0 bridgehead atoms. The lowest BCUT2D eigenvalue weighted by molar-refractivity contribution is 0.163. The third kappa shape index (κ3) is 3.82. The molecule has 100 valence electrons. The Hall–Kier alpha value is -0.860. The largest absolute Gasteiger partial charge is 0.310 e. The maximum Gasteiger partial charge on any atom is 0.0280 e. The number of piperidine rings is 1. The van der Waals surface area contributed by atoms with Gasteiger partial charge in [-0.2, -0.15) is 0 Å². The molecule has 1 aromatic carbocycles. The lowest BCUT2D eigenvalue weighted by atomic mass is 9.90. The highest BCUT2D eigenvalue weighted by molar-refractivity contribution is 5.14. The molecule has 1 unspecified atom stereocenters. The van der Waals surface area contributed by atoms with Gasteiger partial charge in [0.05, 0.1) is 0 Å². The van der Waals surface area contributed by atoms with E-state index in [1.165, 1.54) is 31.4 Å². The zero-order chi connectivity index (χ0) is 12.8. The molecule has 0 spiro atoms. The van der Waals surface area contributed by atoms with E-state index in [1.54, 1.807) is 0 Å². The summed E-state index contributed by atoms with van der Waals surface area (Å²) < 4.78 is 0. The van der Waals surface area contributed by atoms with Gasteiger partial charge in [-0.25, -0.2) is 0 Å². The Balaban J connectivity index is 1.92. The highest BCUT2D eigenvalue weighted by atomic mass is 15.2. The summed E-state index contributed by atoms with van der Waals surface area (Å²) in [5.74, 6) is 0. The molecule has 1 heterocycles. The van der Waals surface area contributed by atoms with Crippen LogP contribution in [0, 0.1) is 0 Å². The molecule has 0 radical (unpaired) electrons. The molecule has 2 rings (SSSR count). The molecule has 18 heavy (non-hydrogen) atoms. The van der Waals surface area contributed by atoms with Gasteiger partial charge < -0.3 is 5.32 Å². The van der Waals surface area contributed by atoms with Crippen LogP contribution in [0.2, 0.25) is 0 Å². The second kappa shape index (κ2) is 6.35. The van der Waals surface area contributed by atoms with Crippen molar-refractivity contribution >= 4 is 0 Å². The average molecular weight is 246 g/mol. The normalized spacial score (nSPS) is 24.4. The Morgan fingerprint density at radius 2 is 2.00 bits per heavy atom. The zero-order valence-corrected chi connectivity index (χ0v) is 11.8. The zero-order valence-electron chi connectivity index (χ0n) is 11.8. The molecular formula is C16H26N2. The molecule has 1 aromatic rings. The fraction of sp³-hybridized carbons (Fsp3) is 0.625. The average Bonchev–Trinajstić information content (AvgIpc) is 2.40. The number of rotatable bonds is 5. The molecule has 1 fully saturated rings. The van der Waals surface area contributed by atoms with Crippen LogP contribution in [-0.4, -0.2) is 30.1 Å². The fourth-order valence-electron chi connectivity index (χ4n) is 2.87. The Kier molecular flexibility index (Phi) is 4.79. The summed E-state index contributed by atoms with van der Waals surface area (Å²) in [5, 5.41) is 3.70. The van der Waals surface area contributed by atoms with Crippen LogP contribution in [0.5, 0.6) is 0 Å². The van der Waals surface area contributed by atoms with Gasteiger partial charge in [0, 0.05) is 18.6 Å². The lowest BCUT2D eigenvalue weighted by Crippen LogP contribution is -2.53. The number of nitrogens with one attached hydrogen (secondary N) is 1. The van der Waals surface area contributed by atoms with Crippen LogP contribution in [-0.2, 0) is 6.54 Å². The van der Waals surface area contributed by atoms with E-state index >= 15 is 0 Å². The first kappa shape index (κ1) is 13.6. The number of benzene rings is 1. The minimum Gasteiger partial charge on any atom is -0.310 e. The molecule has 0 saturated carbocycles. The van der Waals surface area contributed by atoms with Gasteiger partial charge in [0.15, 0.2) is 0 Å². The maximum absolute atomic E-state index is 3.70. The highest BCUT2D eigenvalue weighted by Gasteiger charge is 2.27. The monoisotopic (exact) mass is 246 g/mol. The van der Waals surface area contributed by atoms with Crippen molar-refractivity contribution in [2.24, 2.45) is 0 Å². The van der Waals surface area contributed by atoms with E-state index in [0.717, 1.165) is 19.6 Å². The predicted molar refractivity (Wildman–Crippen MR) is 77.7 cm³/mol. The summed E-state index contributed by atoms with van der Waals surface area (Å²) in [5.41, 5.74) is 1.72. The van der Waals surface area contributed by atoms with Crippen LogP contribution >= 0.6 is 0 Å². The lowest BCUT2D eigenvalue weighted by Gasteiger charge is -2.39. The van der Waals surface area contributed by atoms with Crippen molar-refractivity contribution in [3.8, 4) is 0 Å². The van der Waals surface area contributed by atoms with Crippen LogP contribution in [0.4, 0.5) is 0 Å². The van der Waals surface area contributed by atoms with Gasteiger partial charge in [-0.05, 0) is 38.4 Å². The Bertz CT molecular complexity index is 341. The first-order valence-corrected chi connectivity index (χ1v) is 7.23. The second-order valence-electron chi connectivity index (χ2n) is 5.73. The van der Waals surface area contributed by atoms with Crippen LogP contribution in [0.25, 0.3) is 0 Å². The van der Waals surface area contributed by atoms with Gasteiger partial charge in [-0.15, -0.1) is 0 Å². The summed E-state index contributed by atoms with van der Waals surface area (Å²) in [6, 6.07) is 10.8. The van der Waals surface area contributed by atoms with E-state index in [4.69, 9.17) is 0 Å². The van der Waals surface area contributed by atoms with Crippen LogP contribution < -0.4 is 5.32 Å². The van der Waals surface area contributed by atoms with Crippen molar-refractivity contribution < 1.29 is 0 Å².